The summed E-state index contributed by atoms with van der Waals surface area (Å²) in [6.07, 6.45) is -0.0536. The summed E-state index contributed by atoms with van der Waals surface area (Å²) in [6.45, 7) is 3.08. The third-order valence-electron chi connectivity index (χ3n) is 3.28. The molecule has 0 spiro atoms. The van der Waals surface area contributed by atoms with Gasteiger partial charge in [-0.1, -0.05) is 25.1 Å². The summed E-state index contributed by atoms with van der Waals surface area (Å²) < 4.78 is 5.32. The van der Waals surface area contributed by atoms with Gasteiger partial charge in [-0.2, -0.15) is 0 Å². The molecule has 1 heterocycles. The number of rotatable bonds is 5. The lowest BCUT2D eigenvalue weighted by Gasteiger charge is -2.16. The Kier molecular flexibility index (Phi) is 3.99. The van der Waals surface area contributed by atoms with Crippen LogP contribution in [-0.2, 0) is 22.7 Å². The fourth-order valence-corrected chi connectivity index (χ4v) is 2.30. The molecule has 1 aromatic rings. The molecule has 98 valence electrons. The predicted molar refractivity (Wildman–Crippen MR) is 65.9 cm³/mol. The molecule has 18 heavy (non-hydrogen) atoms. The molecule has 2 N–H and O–H groups in total. The zero-order valence-electron chi connectivity index (χ0n) is 10.4. The van der Waals surface area contributed by atoms with Crippen molar-refractivity contribution in [1.82, 2.24) is 0 Å². The van der Waals surface area contributed by atoms with E-state index in [9.17, 15) is 9.90 Å². The first kappa shape index (κ1) is 13.1. The molecule has 0 radical (unpaired) electrons. The Hall–Kier alpha value is -1.39. The lowest BCUT2D eigenvalue weighted by molar-refractivity contribution is -0.138. The number of aliphatic hydroxyl groups is 1. The fourth-order valence-electron chi connectivity index (χ4n) is 2.30. The quantitative estimate of drug-likeness (QED) is 0.841. The number of carboxylic acids is 1. The Morgan fingerprint density at radius 1 is 1.39 bits per heavy atom. The zero-order valence-corrected chi connectivity index (χ0v) is 10.4. The van der Waals surface area contributed by atoms with Crippen LogP contribution in [0.5, 0.6) is 0 Å². The highest BCUT2D eigenvalue weighted by molar-refractivity contribution is 5.66. The molecule has 2 rings (SSSR count). The van der Waals surface area contributed by atoms with Gasteiger partial charge in [0.1, 0.15) is 0 Å². The molecule has 0 bridgehead atoms. The fraction of sp³-hybridized carbons (Fsp3) is 0.500. The second-order valence-electron chi connectivity index (χ2n) is 4.98. The van der Waals surface area contributed by atoms with Crippen LogP contribution < -0.4 is 0 Å². The normalized spacial score (nSPS) is 17.2. The molecule has 0 saturated heterocycles. The molecule has 2 atom stereocenters. The molecular formula is C14H18O4. The molecule has 0 aromatic heterocycles. The summed E-state index contributed by atoms with van der Waals surface area (Å²) in [5.74, 6) is -0.862. The minimum absolute atomic E-state index is 0.0398. The predicted octanol–water partition coefficient (Wildman–Crippen LogP) is 2.25. The number of ether oxygens (including phenoxy) is 1. The van der Waals surface area contributed by atoms with Crippen LogP contribution in [0, 0.1) is 5.92 Å². The lowest BCUT2D eigenvalue weighted by Crippen LogP contribution is -2.09. The van der Waals surface area contributed by atoms with Crippen molar-refractivity contribution >= 4 is 5.97 Å². The maximum absolute atomic E-state index is 10.6. The maximum atomic E-state index is 10.6. The number of carbonyl (C=O) groups is 1. The summed E-state index contributed by atoms with van der Waals surface area (Å²) in [5, 5.41) is 18.8. The molecule has 4 nitrogen and oxygen atoms in total. The van der Waals surface area contributed by atoms with Gasteiger partial charge >= 0.3 is 5.97 Å². The number of carboxylic acid groups (broad SMARTS) is 1. The van der Waals surface area contributed by atoms with Crippen LogP contribution in [-0.4, -0.2) is 16.2 Å². The number of aliphatic hydroxyl groups excluding tert-OH is 1. The summed E-state index contributed by atoms with van der Waals surface area (Å²) in [4.78, 5) is 10.6. The first-order valence-corrected chi connectivity index (χ1v) is 6.15. The highest BCUT2D eigenvalue weighted by atomic mass is 16.5. The van der Waals surface area contributed by atoms with Crippen LogP contribution in [0.15, 0.2) is 18.2 Å². The van der Waals surface area contributed by atoms with Gasteiger partial charge in [-0.15, -0.1) is 0 Å². The highest BCUT2D eigenvalue weighted by Gasteiger charge is 2.18. The first-order chi connectivity index (χ1) is 8.56. The van der Waals surface area contributed by atoms with Crippen molar-refractivity contribution in [3.63, 3.8) is 0 Å². The average Bonchev–Trinajstić information content (AvgIpc) is 2.74. The molecule has 0 aliphatic carbocycles. The number of benzene rings is 1. The van der Waals surface area contributed by atoms with Gasteiger partial charge in [0, 0.05) is 6.42 Å². The van der Waals surface area contributed by atoms with Crippen molar-refractivity contribution in [3.8, 4) is 0 Å². The summed E-state index contributed by atoms with van der Waals surface area (Å²) in [7, 11) is 0. The average molecular weight is 250 g/mol. The van der Waals surface area contributed by atoms with Crippen LogP contribution in [0.2, 0.25) is 0 Å². The van der Waals surface area contributed by atoms with E-state index in [-0.39, 0.29) is 12.3 Å². The van der Waals surface area contributed by atoms with Gasteiger partial charge in [0.05, 0.1) is 19.3 Å². The van der Waals surface area contributed by atoms with Gasteiger partial charge in [-0.05, 0) is 29.0 Å². The van der Waals surface area contributed by atoms with Crippen LogP contribution >= 0.6 is 0 Å². The zero-order chi connectivity index (χ0) is 13.1. The van der Waals surface area contributed by atoms with Gasteiger partial charge in [-0.3, -0.25) is 4.79 Å². The summed E-state index contributed by atoms with van der Waals surface area (Å²) in [6, 6.07) is 5.83. The molecule has 1 aliphatic heterocycles. The Balaban J connectivity index is 2.00. The number of aliphatic carboxylic acids is 1. The Morgan fingerprint density at radius 3 is 2.83 bits per heavy atom. The number of fused-ring (bicyclic) bond motifs is 1. The van der Waals surface area contributed by atoms with Crippen LogP contribution in [0.3, 0.4) is 0 Å². The Bertz CT molecular complexity index is 441. The first-order valence-electron chi connectivity index (χ1n) is 6.15. The van der Waals surface area contributed by atoms with Crippen molar-refractivity contribution in [2.24, 2.45) is 5.92 Å². The third kappa shape index (κ3) is 3.09. The highest BCUT2D eigenvalue weighted by Crippen LogP contribution is 2.27. The SMILES string of the molecule is CC(CC(=O)O)CC(O)c1ccc2c(c1)COC2. The molecule has 0 fully saturated rings. The maximum Gasteiger partial charge on any atom is 0.303 e. The van der Waals surface area contributed by atoms with E-state index in [4.69, 9.17) is 9.84 Å². The van der Waals surface area contributed by atoms with E-state index in [0.29, 0.717) is 19.6 Å². The molecule has 1 aromatic carbocycles. The largest absolute Gasteiger partial charge is 0.481 e. The van der Waals surface area contributed by atoms with Crippen LogP contribution in [0.4, 0.5) is 0 Å². The molecular weight excluding hydrogens is 232 g/mol. The van der Waals surface area contributed by atoms with Crippen molar-refractivity contribution in [3.05, 3.63) is 34.9 Å². The Morgan fingerprint density at radius 2 is 2.11 bits per heavy atom. The van der Waals surface area contributed by atoms with E-state index >= 15 is 0 Å². The minimum atomic E-state index is -0.822. The molecule has 2 unspecified atom stereocenters. The standard InChI is InChI=1S/C14H18O4/c1-9(5-14(16)17)4-13(15)10-2-3-11-7-18-8-12(11)6-10/h2-3,6,9,13,15H,4-5,7-8H2,1H3,(H,16,17). The van der Waals surface area contributed by atoms with Crippen molar-refractivity contribution in [2.75, 3.05) is 0 Å². The van der Waals surface area contributed by atoms with Gasteiger partial charge in [0.2, 0.25) is 0 Å². The Labute approximate surface area is 106 Å². The second kappa shape index (κ2) is 5.50. The topological polar surface area (TPSA) is 66.8 Å². The minimum Gasteiger partial charge on any atom is -0.481 e. The van der Waals surface area contributed by atoms with Gasteiger partial charge in [-0.25, -0.2) is 0 Å². The molecule has 4 heteroatoms. The lowest BCUT2D eigenvalue weighted by atomic mass is 9.94. The number of hydrogen-bond acceptors (Lipinski definition) is 3. The van der Waals surface area contributed by atoms with E-state index in [0.717, 1.165) is 11.1 Å². The monoisotopic (exact) mass is 250 g/mol. The van der Waals surface area contributed by atoms with E-state index < -0.39 is 12.1 Å². The van der Waals surface area contributed by atoms with Gasteiger partial charge in [0.15, 0.2) is 0 Å². The van der Waals surface area contributed by atoms with Crippen LogP contribution in [0.25, 0.3) is 0 Å². The van der Waals surface area contributed by atoms with Crippen molar-refractivity contribution < 1.29 is 19.7 Å². The molecule has 0 amide bonds. The third-order valence-corrected chi connectivity index (χ3v) is 3.28. The summed E-state index contributed by atoms with van der Waals surface area (Å²) >= 11 is 0. The van der Waals surface area contributed by atoms with Gasteiger partial charge < -0.3 is 14.9 Å². The smallest absolute Gasteiger partial charge is 0.303 e. The second-order valence-corrected chi connectivity index (χ2v) is 4.98. The van der Waals surface area contributed by atoms with Crippen LogP contribution in [0.1, 0.15) is 42.6 Å². The van der Waals surface area contributed by atoms with E-state index in [1.54, 1.807) is 0 Å². The molecule has 1 aliphatic rings. The molecule has 0 saturated carbocycles. The van der Waals surface area contributed by atoms with Crippen molar-refractivity contribution in [2.45, 2.75) is 39.1 Å². The van der Waals surface area contributed by atoms with E-state index in [1.807, 2.05) is 25.1 Å². The number of hydrogen-bond donors (Lipinski definition) is 2. The summed E-state index contributed by atoms with van der Waals surface area (Å²) in [5.41, 5.74) is 3.14. The van der Waals surface area contributed by atoms with Gasteiger partial charge in [0.25, 0.3) is 0 Å². The van der Waals surface area contributed by atoms with Crippen molar-refractivity contribution in [1.29, 1.82) is 0 Å². The van der Waals surface area contributed by atoms with E-state index in [2.05, 4.69) is 0 Å². The van der Waals surface area contributed by atoms with E-state index in [1.165, 1.54) is 5.56 Å².